The molecule has 200 valence electrons. The molecule has 0 unspecified atom stereocenters. The van der Waals surface area contributed by atoms with Gasteiger partial charge in [-0.15, -0.1) is 0 Å². The van der Waals surface area contributed by atoms with E-state index in [2.05, 4.69) is 20.9 Å². The lowest BCUT2D eigenvalue weighted by atomic mass is 9.95. The molecule has 0 saturated carbocycles. The largest absolute Gasteiger partial charge is 0.490 e. The minimum Gasteiger partial charge on any atom is -0.490 e. The fraction of sp³-hybridized carbons (Fsp3) is 0.269. The lowest BCUT2D eigenvalue weighted by Crippen LogP contribution is -2.41. The van der Waals surface area contributed by atoms with Crippen LogP contribution in [0.2, 0.25) is 5.02 Å². The molecule has 6 nitrogen and oxygen atoms in total. The van der Waals surface area contributed by atoms with E-state index in [1.54, 1.807) is 18.2 Å². The SMILES string of the molecule is CCOC(=O)C1=C(C(F)(F)F)N=c2s/c(=C\c3cc(Br)ccc3OC(C)C)c(=O)n2[C@H]1c1ccc(Cl)cc1. The average molecular weight is 630 g/mol. The van der Waals surface area contributed by atoms with Crippen LogP contribution in [0.25, 0.3) is 6.08 Å². The maximum absolute atomic E-state index is 14.2. The smallest absolute Gasteiger partial charge is 0.434 e. The minimum absolute atomic E-state index is 0.112. The van der Waals surface area contributed by atoms with E-state index in [0.717, 1.165) is 20.4 Å². The monoisotopic (exact) mass is 628 g/mol. The fourth-order valence-electron chi connectivity index (χ4n) is 3.94. The molecule has 0 N–H and O–H groups in total. The summed E-state index contributed by atoms with van der Waals surface area (Å²) in [5, 5.41) is 0.339. The van der Waals surface area contributed by atoms with Gasteiger partial charge in [0.25, 0.3) is 5.56 Å². The van der Waals surface area contributed by atoms with E-state index < -0.39 is 35.0 Å². The molecule has 0 fully saturated rings. The van der Waals surface area contributed by atoms with Gasteiger partial charge in [-0.2, -0.15) is 13.2 Å². The molecule has 0 amide bonds. The van der Waals surface area contributed by atoms with Gasteiger partial charge in [0.05, 0.1) is 28.9 Å². The van der Waals surface area contributed by atoms with Crippen LogP contribution in [-0.2, 0) is 9.53 Å². The van der Waals surface area contributed by atoms with Crippen LogP contribution in [0.4, 0.5) is 13.2 Å². The maximum atomic E-state index is 14.2. The molecule has 2 heterocycles. The molecule has 0 radical (unpaired) electrons. The van der Waals surface area contributed by atoms with Crippen LogP contribution in [0.3, 0.4) is 0 Å². The second-order valence-electron chi connectivity index (χ2n) is 8.46. The van der Waals surface area contributed by atoms with Crippen LogP contribution < -0.4 is 19.6 Å². The Morgan fingerprint density at radius 3 is 2.53 bits per heavy atom. The van der Waals surface area contributed by atoms with E-state index in [4.69, 9.17) is 21.1 Å². The van der Waals surface area contributed by atoms with E-state index in [0.29, 0.717) is 16.3 Å². The van der Waals surface area contributed by atoms with Gasteiger partial charge in [0, 0.05) is 15.1 Å². The number of thiazole rings is 1. The van der Waals surface area contributed by atoms with Crippen molar-refractivity contribution in [3.05, 3.63) is 94.0 Å². The van der Waals surface area contributed by atoms with Crippen LogP contribution in [0.5, 0.6) is 5.75 Å². The van der Waals surface area contributed by atoms with Crippen molar-refractivity contribution in [1.29, 1.82) is 0 Å². The highest BCUT2D eigenvalue weighted by atomic mass is 79.9. The number of fused-ring (bicyclic) bond motifs is 1. The van der Waals surface area contributed by atoms with Gasteiger partial charge in [-0.3, -0.25) is 9.36 Å². The molecular weight excluding hydrogens is 609 g/mol. The molecule has 0 bridgehead atoms. The summed E-state index contributed by atoms with van der Waals surface area (Å²) in [7, 11) is 0. The summed E-state index contributed by atoms with van der Waals surface area (Å²) in [6.07, 6.45) is -3.60. The Morgan fingerprint density at radius 1 is 1.24 bits per heavy atom. The van der Waals surface area contributed by atoms with Crippen molar-refractivity contribution < 1.29 is 27.4 Å². The first kappa shape index (κ1) is 28.1. The van der Waals surface area contributed by atoms with Crippen molar-refractivity contribution in [2.45, 2.75) is 39.1 Å². The molecule has 1 aliphatic rings. The number of halogens is 5. The number of nitrogens with zero attached hydrogens (tertiary/aromatic N) is 2. The zero-order valence-corrected chi connectivity index (χ0v) is 23.5. The molecule has 1 atom stereocenters. The number of alkyl halides is 3. The highest BCUT2D eigenvalue weighted by Crippen LogP contribution is 2.38. The van der Waals surface area contributed by atoms with Gasteiger partial charge < -0.3 is 9.47 Å². The van der Waals surface area contributed by atoms with Gasteiger partial charge >= 0.3 is 12.1 Å². The standard InChI is InChI=1S/C26H21BrClF3N2O4S/c1-4-36-24(35)20-21(14-5-8-17(28)9-6-14)33-23(34)19(38-25(33)32-22(20)26(29,30)31)12-15-11-16(27)7-10-18(15)37-13(2)3/h5-13,21H,4H2,1-3H3/b19-12-/t21-/m0/s1. The third kappa shape index (κ3) is 5.74. The van der Waals surface area contributed by atoms with Gasteiger partial charge in [-0.05, 0) is 62.7 Å². The zero-order valence-electron chi connectivity index (χ0n) is 20.3. The summed E-state index contributed by atoms with van der Waals surface area (Å²) in [6.45, 7) is 5.02. The van der Waals surface area contributed by atoms with Crippen LogP contribution in [-0.4, -0.2) is 29.4 Å². The second-order valence-corrected chi connectivity index (χ2v) is 10.8. The Labute approximate surface area is 232 Å². The molecule has 3 aromatic rings. The third-order valence-electron chi connectivity index (χ3n) is 5.40. The summed E-state index contributed by atoms with van der Waals surface area (Å²) in [5.41, 5.74) is -2.01. The predicted molar refractivity (Wildman–Crippen MR) is 142 cm³/mol. The summed E-state index contributed by atoms with van der Waals surface area (Å²) in [4.78, 5) is 30.2. The number of ether oxygens (including phenoxy) is 2. The summed E-state index contributed by atoms with van der Waals surface area (Å²) in [6, 6.07) is 9.67. The first-order valence-corrected chi connectivity index (χ1v) is 13.4. The fourth-order valence-corrected chi connectivity index (χ4v) is 5.43. The van der Waals surface area contributed by atoms with Crippen molar-refractivity contribution in [1.82, 2.24) is 4.57 Å². The number of benzene rings is 2. The van der Waals surface area contributed by atoms with Crippen molar-refractivity contribution >= 4 is 50.9 Å². The second kappa shape index (κ2) is 11.1. The van der Waals surface area contributed by atoms with Crippen molar-refractivity contribution in [3.63, 3.8) is 0 Å². The minimum atomic E-state index is -4.98. The summed E-state index contributed by atoms with van der Waals surface area (Å²) in [5.74, 6) is -0.719. The number of aromatic nitrogens is 1. The number of hydrogen-bond acceptors (Lipinski definition) is 6. The lowest BCUT2D eigenvalue weighted by Gasteiger charge is -2.26. The lowest BCUT2D eigenvalue weighted by molar-refractivity contribution is -0.140. The highest BCUT2D eigenvalue weighted by Gasteiger charge is 2.45. The molecule has 38 heavy (non-hydrogen) atoms. The van der Waals surface area contributed by atoms with Crippen molar-refractivity contribution in [3.8, 4) is 5.75 Å². The van der Waals surface area contributed by atoms with E-state index in [9.17, 15) is 22.8 Å². The molecule has 0 aliphatic carbocycles. The Bertz CT molecular complexity index is 1590. The van der Waals surface area contributed by atoms with Gasteiger partial charge in [0.15, 0.2) is 10.5 Å². The number of esters is 1. The van der Waals surface area contributed by atoms with Crippen molar-refractivity contribution in [2.75, 3.05) is 6.61 Å². The quantitative estimate of drug-likeness (QED) is 0.336. The summed E-state index contributed by atoms with van der Waals surface area (Å²) >= 11 is 10.2. The van der Waals surface area contributed by atoms with Crippen LogP contribution in [0.15, 0.2) is 68.0 Å². The molecule has 0 saturated heterocycles. The number of allylic oxidation sites excluding steroid dienone is 1. The highest BCUT2D eigenvalue weighted by molar-refractivity contribution is 9.10. The third-order valence-corrected chi connectivity index (χ3v) is 7.13. The van der Waals surface area contributed by atoms with E-state index in [1.807, 2.05) is 13.8 Å². The van der Waals surface area contributed by atoms with Crippen LogP contribution in [0.1, 0.15) is 37.9 Å². The average Bonchev–Trinajstić information content (AvgIpc) is 3.14. The van der Waals surface area contributed by atoms with Gasteiger partial charge in [-0.25, -0.2) is 9.79 Å². The Kier molecular flexibility index (Phi) is 8.20. The molecular formula is C26H21BrClF3N2O4S. The van der Waals surface area contributed by atoms with Crippen LogP contribution >= 0.6 is 38.9 Å². The maximum Gasteiger partial charge on any atom is 0.434 e. The molecule has 12 heteroatoms. The Morgan fingerprint density at radius 2 is 1.92 bits per heavy atom. The van der Waals surface area contributed by atoms with E-state index in [-0.39, 0.29) is 27.6 Å². The zero-order chi connectivity index (χ0) is 27.8. The first-order chi connectivity index (χ1) is 17.9. The van der Waals surface area contributed by atoms with Gasteiger partial charge in [0.1, 0.15) is 5.75 Å². The normalized spacial score (nSPS) is 15.9. The molecule has 2 aromatic carbocycles. The van der Waals surface area contributed by atoms with E-state index >= 15 is 0 Å². The predicted octanol–water partition coefficient (Wildman–Crippen LogP) is 5.54. The topological polar surface area (TPSA) is 69.9 Å². The summed E-state index contributed by atoms with van der Waals surface area (Å²) < 4.78 is 55.4. The number of hydrogen-bond donors (Lipinski definition) is 0. The number of carbonyl (C=O) groups excluding carboxylic acids is 1. The molecule has 1 aromatic heterocycles. The Hall–Kier alpha value is -2.89. The van der Waals surface area contributed by atoms with Crippen molar-refractivity contribution in [2.24, 2.45) is 4.99 Å². The molecule has 1 aliphatic heterocycles. The molecule has 0 spiro atoms. The van der Waals surface area contributed by atoms with Gasteiger partial charge in [-0.1, -0.05) is 51.0 Å². The number of carbonyl (C=O) groups is 1. The van der Waals surface area contributed by atoms with Crippen LogP contribution in [0, 0.1) is 0 Å². The number of rotatable bonds is 6. The van der Waals surface area contributed by atoms with Gasteiger partial charge in [0.2, 0.25) is 0 Å². The van der Waals surface area contributed by atoms with E-state index in [1.165, 1.54) is 37.3 Å². The Balaban J connectivity index is 2.04. The molecule has 4 rings (SSSR count). The first-order valence-electron chi connectivity index (χ1n) is 11.4.